The minimum absolute atomic E-state index is 0.0923. The summed E-state index contributed by atoms with van der Waals surface area (Å²) in [5, 5.41) is 12.5. The van der Waals surface area contributed by atoms with E-state index in [1.807, 2.05) is 18.2 Å². The maximum Gasteiger partial charge on any atom is 0.344 e. The van der Waals surface area contributed by atoms with Crippen LogP contribution in [0, 0.1) is 0 Å². The highest BCUT2D eigenvalue weighted by molar-refractivity contribution is 5.80. The molecule has 0 fully saturated rings. The molecule has 3 aromatic rings. The number of aliphatic carboxylic acids is 1. The van der Waals surface area contributed by atoms with Crippen molar-refractivity contribution >= 4 is 12.2 Å². The summed E-state index contributed by atoms with van der Waals surface area (Å²) >= 11 is 0. The van der Waals surface area contributed by atoms with Gasteiger partial charge in [0.15, 0.2) is 0 Å². The second kappa shape index (κ2) is 12.0. The summed E-state index contributed by atoms with van der Waals surface area (Å²) in [5.74, 6) is 0.133. The fourth-order valence-corrected chi connectivity index (χ4v) is 3.56. The number of rotatable bonds is 10. The Balaban J connectivity index is 1.73. The molecule has 0 atom stereocenters. The third kappa shape index (κ3) is 8.98. The molecular weight excluding hydrogens is 466 g/mol. The van der Waals surface area contributed by atoms with Gasteiger partial charge in [-0.3, -0.25) is 0 Å². The average Bonchev–Trinajstić information content (AvgIpc) is 2.83. The van der Waals surface area contributed by atoms with Crippen molar-refractivity contribution in [1.29, 1.82) is 0 Å². The molecule has 6 nitrogen and oxygen atoms in total. The molecular formula is C31H37NO5. The number of benzene rings is 3. The van der Waals surface area contributed by atoms with E-state index in [1.165, 1.54) is 17.3 Å². The van der Waals surface area contributed by atoms with Crippen LogP contribution in [0.3, 0.4) is 0 Å². The molecule has 0 aliphatic rings. The molecule has 0 aliphatic heterocycles. The molecule has 37 heavy (non-hydrogen) atoms. The predicted octanol–water partition coefficient (Wildman–Crippen LogP) is 6.87. The third-order valence-electron chi connectivity index (χ3n) is 5.82. The molecule has 0 spiro atoms. The van der Waals surface area contributed by atoms with E-state index in [0.717, 1.165) is 11.1 Å². The summed E-state index contributed by atoms with van der Waals surface area (Å²) in [6, 6.07) is 22.3. The summed E-state index contributed by atoms with van der Waals surface area (Å²) in [5.41, 5.74) is 5.49. The first-order valence-corrected chi connectivity index (χ1v) is 12.4. The number of nitrogens with zero attached hydrogens (tertiary/aromatic N) is 1. The van der Waals surface area contributed by atoms with Crippen LogP contribution < -0.4 is 9.47 Å². The van der Waals surface area contributed by atoms with Crippen molar-refractivity contribution < 1.29 is 24.2 Å². The molecule has 6 heteroatoms. The van der Waals surface area contributed by atoms with Gasteiger partial charge < -0.3 is 19.4 Å². The number of hydrogen-bond donors (Lipinski definition) is 1. The second-order valence-corrected chi connectivity index (χ2v) is 11.1. The minimum Gasteiger partial charge on any atom is -0.489 e. The van der Waals surface area contributed by atoms with Crippen molar-refractivity contribution in [3.05, 3.63) is 94.5 Å². The Hall–Kier alpha value is -3.80. The Labute approximate surface area is 219 Å². The van der Waals surface area contributed by atoms with Crippen molar-refractivity contribution in [2.75, 3.05) is 6.61 Å². The zero-order valence-corrected chi connectivity index (χ0v) is 22.6. The summed E-state index contributed by atoms with van der Waals surface area (Å²) in [6.07, 6.45) is 1.44. The summed E-state index contributed by atoms with van der Waals surface area (Å²) < 4.78 is 12.1. The Morgan fingerprint density at radius 2 is 1.19 bits per heavy atom. The molecule has 0 radical (unpaired) electrons. The van der Waals surface area contributed by atoms with Crippen molar-refractivity contribution in [3.8, 4) is 11.5 Å². The third-order valence-corrected chi connectivity index (χ3v) is 5.82. The van der Waals surface area contributed by atoms with E-state index < -0.39 is 12.6 Å². The van der Waals surface area contributed by atoms with E-state index >= 15 is 0 Å². The smallest absolute Gasteiger partial charge is 0.344 e. The van der Waals surface area contributed by atoms with E-state index in [-0.39, 0.29) is 10.8 Å². The van der Waals surface area contributed by atoms with Gasteiger partial charge in [-0.05, 0) is 45.2 Å². The van der Waals surface area contributed by atoms with Crippen LogP contribution in [0.4, 0.5) is 0 Å². The molecule has 0 saturated heterocycles. The van der Waals surface area contributed by atoms with E-state index in [2.05, 4.69) is 95.2 Å². The van der Waals surface area contributed by atoms with Gasteiger partial charge in [0, 0.05) is 11.6 Å². The predicted molar refractivity (Wildman–Crippen MR) is 147 cm³/mol. The maximum absolute atomic E-state index is 10.7. The molecule has 0 bridgehead atoms. The standard InChI is InChI=1S/C31H37NO5/c1-30(2,3)25-11-7-22(8-12-25)19-35-27-15-24(18-32-37-21-29(33)34)16-28(17-27)36-20-23-9-13-26(14-10-23)31(4,5)6/h7-18H,19-21H2,1-6H3,(H,33,34)/b32-18+. The van der Waals surface area contributed by atoms with Crippen LogP contribution >= 0.6 is 0 Å². The van der Waals surface area contributed by atoms with Gasteiger partial charge in [0.25, 0.3) is 0 Å². The topological polar surface area (TPSA) is 77.4 Å². The lowest BCUT2D eigenvalue weighted by Crippen LogP contribution is -2.11. The van der Waals surface area contributed by atoms with Gasteiger partial charge in [0.05, 0.1) is 6.21 Å². The zero-order valence-electron chi connectivity index (χ0n) is 22.6. The van der Waals surface area contributed by atoms with Crippen molar-refractivity contribution in [2.24, 2.45) is 5.16 Å². The van der Waals surface area contributed by atoms with Crippen LogP contribution in [-0.2, 0) is 33.7 Å². The largest absolute Gasteiger partial charge is 0.489 e. The summed E-state index contributed by atoms with van der Waals surface area (Å²) in [6.45, 7) is 13.4. The van der Waals surface area contributed by atoms with Gasteiger partial charge in [-0.15, -0.1) is 0 Å². The molecule has 0 aliphatic carbocycles. The van der Waals surface area contributed by atoms with Gasteiger partial charge >= 0.3 is 5.97 Å². The first kappa shape index (κ1) is 27.8. The van der Waals surface area contributed by atoms with Crippen LogP contribution in [0.5, 0.6) is 11.5 Å². The number of ether oxygens (including phenoxy) is 2. The van der Waals surface area contributed by atoms with Crippen LogP contribution in [0.2, 0.25) is 0 Å². The fraction of sp³-hybridized carbons (Fsp3) is 0.355. The van der Waals surface area contributed by atoms with Crippen LogP contribution in [0.1, 0.15) is 69.4 Å². The number of carboxylic acid groups (broad SMARTS) is 1. The van der Waals surface area contributed by atoms with Crippen LogP contribution in [0.25, 0.3) is 0 Å². The van der Waals surface area contributed by atoms with Crippen LogP contribution in [0.15, 0.2) is 71.9 Å². The second-order valence-electron chi connectivity index (χ2n) is 11.1. The van der Waals surface area contributed by atoms with E-state index in [1.54, 1.807) is 0 Å². The van der Waals surface area contributed by atoms with Gasteiger partial charge in [0.1, 0.15) is 24.7 Å². The fourth-order valence-electron chi connectivity index (χ4n) is 3.56. The van der Waals surface area contributed by atoms with Gasteiger partial charge in [-0.2, -0.15) is 0 Å². The van der Waals surface area contributed by atoms with Crippen molar-refractivity contribution in [2.45, 2.75) is 65.6 Å². The lowest BCUT2D eigenvalue weighted by atomic mass is 9.87. The number of carboxylic acids is 1. The molecule has 196 valence electrons. The van der Waals surface area contributed by atoms with Gasteiger partial charge in [-0.1, -0.05) is 95.2 Å². The molecule has 0 unspecified atom stereocenters. The van der Waals surface area contributed by atoms with E-state index in [0.29, 0.717) is 30.3 Å². The lowest BCUT2D eigenvalue weighted by Gasteiger charge is -2.19. The minimum atomic E-state index is -1.09. The summed E-state index contributed by atoms with van der Waals surface area (Å²) in [4.78, 5) is 15.5. The molecule has 3 rings (SSSR count). The Morgan fingerprint density at radius 1 is 0.757 bits per heavy atom. The average molecular weight is 504 g/mol. The highest BCUT2D eigenvalue weighted by atomic mass is 16.6. The number of hydrogen-bond acceptors (Lipinski definition) is 5. The Morgan fingerprint density at radius 3 is 1.57 bits per heavy atom. The van der Waals surface area contributed by atoms with E-state index in [4.69, 9.17) is 19.4 Å². The monoisotopic (exact) mass is 503 g/mol. The van der Waals surface area contributed by atoms with Crippen LogP contribution in [-0.4, -0.2) is 23.9 Å². The molecule has 0 amide bonds. The van der Waals surface area contributed by atoms with Crippen molar-refractivity contribution in [3.63, 3.8) is 0 Å². The van der Waals surface area contributed by atoms with Crippen molar-refractivity contribution in [1.82, 2.24) is 0 Å². The van der Waals surface area contributed by atoms with E-state index in [9.17, 15) is 4.79 Å². The highest BCUT2D eigenvalue weighted by Gasteiger charge is 2.14. The number of oxime groups is 1. The Kier molecular flexibility index (Phi) is 8.98. The maximum atomic E-state index is 10.7. The first-order valence-electron chi connectivity index (χ1n) is 12.4. The molecule has 0 saturated carbocycles. The molecule has 0 aromatic heterocycles. The Bertz CT molecular complexity index is 1120. The quantitative estimate of drug-likeness (QED) is 0.241. The van der Waals surface area contributed by atoms with Gasteiger partial charge in [0.2, 0.25) is 6.61 Å². The zero-order chi connectivity index (χ0) is 27.1. The molecule has 0 heterocycles. The molecule has 1 N–H and O–H groups in total. The highest BCUT2D eigenvalue weighted by Crippen LogP contribution is 2.26. The summed E-state index contributed by atoms with van der Waals surface area (Å²) in [7, 11) is 0. The normalized spacial score (nSPS) is 11.9. The number of carbonyl (C=O) groups is 1. The SMILES string of the molecule is CC(C)(C)c1ccc(COc2cc(/C=N/OCC(=O)O)cc(OCc3ccc(C(C)(C)C)cc3)c2)cc1. The van der Waals surface area contributed by atoms with Gasteiger partial charge in [-0.25, -0.2) is 4.79 Å². The molecule has 3 aromatic carbocycles. The first-order chi connectivity index (χ1) is 17.4. The lowest BCUT2D eigenvalue weighted by molar-refractivity contribution is -0.142.